The molecule has 35 heavy (non-hydrogen) atoms. The third kappa shape index (κ3) is 6.59. The van der Waals surface area contributed by atoms with Gasteiger partial charge in [0.2, 0.25) is 5.91 Å². The number of nitrogens with zero attached hydrogens (tertiary/aromatic N) is 2. The highest BCUT2D eigenvalue weighted by atomic mass is 16.5. The van der Waals surface area contributed by atoms with Crippen LogP contribution in [0.15, 0.2) is 48.5 Å². The van der Waals surface area contributed by atoms with E-state index in [0.717, 1.165) is 36.2 Å². The van der Waals surface area contributed by atoms with E-state index in [-0.39, 0.29) is 17.8 Å². The lowest BCUT2D eigenvalue weighted by molar-refractivity contribution is -0.145. The number of nitrogens with two attached hydrogens (primary N) is 1. The molecule has 3 rings (SSSR count). The molecule has 0 spiro atoms. The molecule has 1 aliphatic heterocycles. The second-order valence-electron chi connectivity index (χ2n) is 8.52. The van der Waals surface area contributed by atoms with E-state index >= 15 is 0 Å². The van der Waals surface area contributed by atoms with Crippen LogP contribution < -0.4 is 20.9 Å². The number of nitrogens with one attached hydrogen (secondary N) is 2. The maximum absolute atomic E-state index is 13.0. The van der Waals surface area contributed by atoms with Gasteiger partial charge in [-0.25, -0.2) is 9.59 Å². The first-order valence-corrected chi connectivity index (χ1v) is 11.8. The van der Waals surface area contributed by atoms with Gasteiger partial charge in [0.05, 0.1) is 7.11 Å². The minimum absolute atomic E-state index is 0.0171. The number of hydrogen-bond acceptors (Lipinski definition) is 5. The minimum atomic E-state index is -0.762. The Morgan fingerprint density at radius 1 is 1.03 bits per heavy atom. The van der Waals surface area contributed by atoms with Gasteiger partial charge in [-0.05, 0) is 48.4 Å². The molecule has 1 saturated heterocycles. The second kappa shape index (κ2) is 12.0. The number of nitrogen functional groups attached to an aromatic ring is 1. The lowest BCUT2D eigenvalue weighted by Crippen LogP contribution is -2.43. The molecular formula is C26H33N5O4. The average molecular weight is 480 g/mol. The number of esters is 1. The van der Waals surface area contributed by atoms with Crippen LogP contribution >= 0.6 is 0 Å². The number of rotatable bonds is 11. The maximum Gasteiger partial charge on any atom is 0.329 e. The summed E-state index contributed by atoms with van der Waals surface area (Å²) in [4.78, 5) is 40.8. The van der Waals surface area contributed by atoms with Crippen molar-refractivity contribution in [2.75, 3.05) is 30.0 Å². The van der Waals surface area contributed by atoms with Crippen LogP contribution in [0.1, 0.15) is 43.7 Å². The molecule has 9 nitrogen and oxygen atoms in total. The van der Waals surface area contributed by atoms with Crippen molar-refractivity contribution < 1.29 is 19.1 Å². The summed E-state index contributed by atoms with van der Waals surface area (Å²) in [7, 11) is 1.31. The molecule has 0 bridgehead atoms. The maximum atomic E-state index is 13.0. The summed E-state index contributed by atoms with van der Waals surface area (Å²) in [5, 5.41) is 10.3. The third-order valence-corrected chi connectivity index (χ3v) is 6.02. The van der Waals surface area contributed by atoms with E-state index in [1.165, 1.54) is 7.11 Å². The Labute approximate surface area is 205 Å². The van der Waals surface area contributed by atoms with Gasteiger partial charge in [-0.15, -0.1) is 0 Å². The SMILES string of the molecule is CCCCCC(=O)NC(Cc1ccc(N2CCN(c3ccc(C(=N)N)cc3)C2=O)cc1)C(=O)OC. The summed E-state index contributed by atoms with van der Waals surface area (Å²) in [5.74, 6) is -0.667. The summed E-state index contributed by atoms with van der Waals surface area (Å²) in [6.45, 7) is 3.14. The Bertz CT molecular complexity index is 1050. The quantitative estimate of drug-likeness (QED) is 0.197. The molecule has 1 fully saturated rings. The van der Waals surface area contributed by atoms with E-state index in [4.69, 9.17) is 15.9 Å². The van der Waals surface area contributed by atoms with E-state index < -0.39 is 12.0 Å². The highest BCUT2D eigenvalue weighted by Crippen LogP contribution is 2.26. The lowest BCUT2D eigenvalue weighted by Gasteiger charge is -2.20. The highest BCUT2D eigenvalue weighted by Gasteiger charge is 2.30. The normalized spacial score (nSPS) is 14.1. The van der Waals surface area contributed by atoms with Gasteiger partial charge >= 0.3 is 12.0 Å². The van der Waals surface area contributed by atoms with Crippen LogP contribution in [0, 0.1) is 5.41 Å². The van der Waals surface area contributed by atoms with Crippen molar-refractivity contribution in [1.29, 1.82) is 5.41 Å². The van der Waals surface area contributed by atoms with Crippen LogP contribution in [0.3, 0.4) is 0 Å². The number of benzene rings is 2. The summed E-state index contributed by atoms with van der Waals surface area (Å²) in [6.07, 6.45) is 3.45. The molecule has 2 aromatic rings. The summed E-state index contributed by atoms with van der Waals surface area (Å²) < 4.78 is 4.87. The van der Waals surface area contributed by atoms with Crippen LogP contribution in [0.5, 0.6) is 0 Å². The van der Waals surface area contributed by atoms with Gasteiger partial charge in [-0.2, -0.15) is 0 Å². The first-order chi connectivity index (χ1) is 16.8. The zero-order valence-corrected chi connectivity index (χ0v) is 20.3. The van der Waals surface area contributed by atoms with Crippen LogP contribution in [0.25, 0.3) is 0 Å². The summed E-state index contributed by atoms with van der Waals surface area (Å²) in [5.41, 5.74) is 8.46. The van der Waals surface area contributed by atoms with Crippen molar-refractivity contribution >= 4 is 35.1 Å². The molecule has 0 aliphatic carbocycles. The summed E-state index contributed by atoms with van der Waals surface area (Å²) in [6, 6.07) is 13.5. The number of carbonyl (C=O) groups excluding carboxylic acids is 3. The molecule has 186 valence electrons. The van der Waals surface area contributed by atoms with Crippen molar-refractivity contribution in [1.82, 2.24) is 5.32 Å². The van der Waals surface area contributed by atoms with Crippen molar-refractivity contribution in [2.45, 2.75) is 45.1 Å². The number of carbonyl (C=O) groups is 3. The minimum Gasteiger partial charge on any atom is -0.467 e. The molecule has 9 heteroatoms. The molecule has 2 aromatic carbocycles. The first kappa shape index (κ1) is 25.7. The van der Waals surface area contributed by atoms with Crippen LogP contribution in [0.2, 0.25) is 0 Å². The molecule has 1 aliphatic rings. The molecule has 0 radical (unpaired) electrons. The predicted molar refractivity (Wildman–Crippen MR) is 136 cm³/mol. The number of anilines is 2. The van der Waals surface area contributed by atoms with Crippen molar-refractivity contribution in [3.05, 3.63) is 59.7 Å². The van der Waals surface area contributed by atoms with Gasteiger partial charge in [-0.1, -0.05) is 31.9 Å². The molecule has 1 atom stereocenters. The van der Waals surface area contributed by atoms with Crippen molar-refractivity contribution in [2.24, 2.45) is 5.73 Å². The molecule has 3 amide bonds. The Kier molecular flexibility index (Phi) is 8.83. The lowest BCUT2D eigenvalue weighted by atomic mass is 10.0. The van der Waals surface area contributed by atoms with Crippen LogP contribution in [-0.4, -0.2) is 50.0 Å². The number of ether oxygens (including phenoxy) is 1. The monoisotopic (exact) mass is 479 g/mol. The number of amides is 3. The molecule has 4 N–H and O–H groups in total. The van der Waals surface area contributed by atoms with E-state index in [1.54, 1.807) is 34.1 Å². The summed E-state index contributed by atoms with van der Waals surface area (Å²) >= 11 is 0. The number of hydrogen-bond donors (Lipinski definition) is 3. The fourth-order valence-electron chi connectivity index (χ4n) is 4.02. The Morgan fingerprint density at radius 3 is 2.11 bits per heavy atom. The van der Waals surface area contributed by atoms with E-state index in [0.29, 0.717) is 31.5 Å². The molecule has 1 unspecified atom stereocenters. The first-order valence-electron chi connectivity index (χ1n) is 11.8. The highest BCUT2D eigenvalue weighted by molar-refractivity contribution is 6.06. The molecule has 0 saturated carbocycles. The van der Waals surface area contributed by atoms with Gasteiger partial charge in [0.1, 0.15) is 11.9 Å². The largest absolute Gasteiger partial charge is 0.467 e. The van der Waals surface area contributed by atoms with Crippen LogP contribution in [0.4, 0.5) is 16.2 Å². The van der Waals surface area contributed by atoms with Gasteiger partial charge in [0.25, 0.3) is 0 Å². The predicted octanol–water partition coefficient (Wildman–Crippen LogP) is 3.20. The fraction of sp³-hybridized carbons (Fsp3) is 0.385. The van der Waals surface area contributed by atoms with Crippen molar-refractivity contribution in [3.63, 3.8) is 0 Å². The third-order valence-electron chi connectivity index (χ3n) is 6.02. The van der Waals surface area contributed by atoms with E-state index in [9.17, 15) is 14.4 Å². The van der Waals surface area contributed by atoms with Gasteiger partial charge in [0, 0.05) is 42.9 Å². The molecular weight excluding hydrogens is 446 g/mol. The van der Waals surface area contributed by atoms with Gasteiger partial charge in [0.15, 0.2) is 0 Å². The number of methoxy groups -OCH3 is 1. The average Bonchev–Trinajstić information content (AvgIpc) is 3.25. The van der Waals surface area contributed by atoms with Crippen molar-refractivity contribution in [3.8, 4) is 0 Å². The number of unbranched alkanes of at least 4 members (excludes halogenated alkanes) is 2. The Hall–Kier alpha value is -3.88. The zero-order valence-electron chi connectivity index (χ0n) is 20.3. The van der Waals surface area contributed by atoms with Gasteiger partial charge in [-0.3, -0.25) is 20.0 Å². The van der Waals surface area contributed by atoms with E-state index in [2.05, 4.69) is 12.2 Å². The Balaban J connectivity index is 1.64. The molecule has 1 heterocycles. The molecule has 0 aromatic heterocycles. The fourth-order valence-corrected chi connectivity index (χ4v) is 4.02. The second-order valence-corrected chi connectivity index (χ2v) is 8.52. The Morgan fingerprint density at radius 2 is 1.60 bits per heavy atom. The van der Waals surface area contributed by atoms with E-state index in [1.807, 2.05) is 24.3 Å². The number of amidine groups is 1. The van der Waals surface area contributed by atoms with Crippen LogP contribution in [-0.2, 0) is 20.7 Å². The smallest absolute Gasteiger partial charge is 0.329 e. The standard InChI is InChI=1S/C26H33N5O4/c1-3-4-5-6-23(32)29-22(25(33)35-2)17-18-7-11-20(12-8-18)30-15-16-31(26(30)34)21-13-9-19(10-14-21)24(27)28/h7-14,22H,3-6,15-17H2,1-2H3,(H3,27,28)(H,29,32). The zero-order chi connectivity index (χ0) is 25.4. The topological polar surface area (TPSA) is 129 Å². The number of urea groups is 1. The van der Waals surface area contributed by atoms with Gasteiger partial charge < -0.3 is 15.8 Å².